The van der Waals surface area contributed by atoms with Gasteiger partial charge in [-0.15, -0.1) is 0 Å². The van der Waals surface area contributed by atoms with E-state index in [9.17, 15) is 23.1 Å². The van der Waals surface area contributed by atoms with Gasteiger partial charge in [-0.25, -0.2) is 4.98 Å². The number of halogens is 5. The Bertz CT molecular complexity index is 1410. The molecule has 0 radical (unpaired) electrons. The zero-order chi connectivity index (χ0) is 23.0. The Morgan fingerprint density at radius 3 is 2.38 bits per heavy atom. The number of hydrogen-bond donors (Lipinski definition) is 1. The minimum atomic E-state index is -4.54. The molecule has 162 valence electrons. The predicted molar refractivity (Wildman–Crippen MR) is 133 cm³/mol. The maximum atomic E-state index is 13.3. The zero-order valence-electron chi connectivity index (χ0n) is 15.9. The van der Waals surface area contributed by atoms with Crippen LogP contribution in [0.1, 0.15) is 11.1 Å². The Kier molecular flexibility index (Phi) is 6.25. The highest BCUT2D eigenvalue weighted by Gasteiger charge is 2.31. The van der Waals surface area contributed by atoms with Crippen molar-refractivity contribution in [3.63, 3.8) is 0 Å². The SMILES string of the molecule is O=c1c2ccccc2nc(-c2cccc(C(F)(F)F)c2)n1N=Cc1cc(I)c(O)c(I)c1. The van der Waals surface area contributed by atoms with Crippen LogP contribution >= 0.6 is 45.2 Å². The van der Waals surface area contributed by atoms with Gasteiger partial charge in [-0.1, -0.05) is 24.3 Å². The standard InChI is InChI=1S/C22H12F3I2N3O2/c23-22(24,25)14-5-3-4-13(10-14)20-29-18-7-2-1-6-15(18)21(32)30(20)28-11-12-8-16(26)19(31)17(27)9-12/h1-11,31H. The molecule has 5 nitrogen and oxygen atoms in total. The summed E-state index contributed by atoms with van der Waals surface area (Å²) in [6.45, 7) is 0. The van der Waals surface area contributed by atoms with Crippen molar-refractivity contribution < 1.29 is 18.3 Å². The molecule has 1 aromatic heterocycles. The second-order valence-corrected chi connectivity index (χ2v) is 9.05. The van der Waals surface area contributed by atoms with E-state index in [1.165, 1.54) is 18.3 Å². The molecule has 0 spiro atoms. The lowest BCUT2D eigenvalue weighted by molar-refractivity contribution is -0.137. The van der Waals surface area contributed by atoms with Gasteiger partial charge in [0.1, 0.15) is 5.75 Å². The van der Waals surface area contributed by atoms with Crippen LogP contribution in [0, 0.1) is 7.14 Å². The van der Waals surface area contributed by atoms with Gasteiger partial charge in [-0.05, 0) is 87.1 Å². The van der Waals surface area contributed by atoms with Crippen molar-refractivity contribution in [2.45, 2.75) is 6.18 Å². The van der Waals surface area contributed by atoms with Crippen LogP contribution in [-0.4, -0.2) is 21.0 Å². The van der Waals surface area contributed by atoms with Crippen LogP contribution < -0.4 is 5.56 Å². The van der Waals surface area contributed by atoms with E-state index in [0.29, 0.717) is 18.2 Å². The summed E-state index contributed by atoms with van der Waals surface area (Å²) in [5.74, 6) is 0.122. The highest BCUT2D eigenvalue weighted by molar-refractivity contribution is 14.1. The molecule has 0 aliphatic rings. The lowest BCUT2D eigenvalue weighted by Crippen LogP contribution is -2.20. The number of para-hydroxylation sites is 1. The van der Waals surface area contributed by atoms with Crippen molar-refractivity contribution >= 4 is 62.3 Å². The molecule has 32 heavy (non-hydrogen) atoms. The molecular formula is C22H12F3I2N3O2. The smallest absolute Gasteiger partial charge is 0.416 e. The fraction of sp³-hybridized carbons (Fsp3) is 0.0455. The minimum Gasteiger partial charge on any atom is -0.506 e. The molecule has 0 fully saturated rings. The molecule has 10 heteroatoms. The lowest BCUT2D eigenvalue weighted by Gasteiger charge is -2.12. The molecule has 1 heterocycles. The van der Waals surface area contributed by atoms with Crippen LogP contribution in [0.25, 0.3) is 22.3 Å². The number of aromatic hydroxyl groups is 1. The highest BCUT2D eigenvalue weighted by Crippen LogP contribution is 2.32. The molecule has 0 aliphatic heterocycles. The van der Waals surface area contributed by atoms with E-state index in [1.54, 1.807) is 36.4 Å². The van der Waals surface area contributed by atoms with Gasteiger partial charge in [-0.3, -0.25) is 4.79 Å². The Labute approximate surface area is 206 Å². The average Bonchev–Trinajstić information content (AvgIpc) is 2.76. The van der Waals surface area contributed by atoms with Crippen molar-refractivity contribution in [2.24, 2.45) is 5.10 Å². The van der Waals surface area contributed by atoms with E-state index in [2.05, 4.69) is 10.1 Å². The third kappa shape index (κ3) is 4.51. The fourth-order valence-corrected chi connectivity index (χ4v) is 4.85. The molecule has 3 aromatic carbocycles. The van der Waals surface area contributed by atoms with Gasteiger partial charge in [0.25, 0.3) is 5.56 Å². The molecule has 0 bridgehead atoms. The van der Waals surface area contributed by atoms with Crippen LogP contribution in [0.2, 0.25) is 0 Å². The summed E-state index contributed by atoms with van der Waals surface area (Å²) in [5.41, 5.74) is -0.301. The van der Waals surface area contributed by atoms with Crippen molar-refractivity contribution in [1.82, 2.24) is 9.66 Å². The number of phenols is 1. The summed E-state index contributed by atoms with van der Waals surface area (Å²) in [7, 11) is 0. The molecule has 1 N–H and O–H groups in total. The average molecular weight is 661 g/mol. The van der Waals surface area contributed by atoms with Gasteiger partial charge in [-0.2, -0.15) is 22.9 Å². The maximum Gasteiger partial charge on any atom is 0.416 e. The molecular weight excluding hydrogens is 649 g/mol. The van der Waals surface area contributed by atoms with Crippen molar-refractivity contribution in [2.75, 3.05) is 0 Å². The van der Waals surface area contributed by atoms with Gasteiger partial charge in [0.2, 0.25) is 0 Å². The van der Waals surface area contributed by atoms with Crippen LogP contribution in [0.3, 0.4) is 0 Å². The number of hydrogen-bond acceptors (Lipinski definition) is 4. The first-order valence-electron chi connectivity index (χ1n) is 9.07. The second-order valence-electron chi connectivity index (χ2n) is 6.73. The Hall–Kier alpha value is -2.48. The largest absolute Gasteiger partial charge is 0.506 e. The van der Waals surface area contributed by atoms with E-state index in [-0.39, 0.29) is 22.5 Å². The number of aromatic nitrogens is 2. The van der Waals surface area contributed by atoms with Gasteiger partial charge in [0.05, 0.1) is 29.8 Å². The number of nitrogens with zero attached hydrogens (tertiary/aromatic N) is 3. The molecule has 0 atom stereocenters. The van der Waals surface area contributed by atoms with Gasteiger partial charge < -0.3 is 5.11 Å². The number of phenolic OH excluding ortho intramolecular Hbond substituents is 1. The first-order chi connectivity index (χ1) is 15.1. The molecule has 0 unspecified atom stereocenters. The van der Waals surface area contributed by atoms with Crippen LogP contribution in [0.15, 0.2) is 70.6 Å². The third-order valence-electron chi connectivity index (χ3n) is 4.56. The van der Waals surface area contributed by atoms with E-state index < -0.39 is 17.3 Å². The van der Waals surface area contributed by atoms with Crippen molar-refractivity contribution in [3.8, 4) is 17.1 Å². The summed E-state index contributed by atoms with van der Waals surface area (Å²) >= 11 is 3.94. The maximum absolute atomic E-state index is 13.3. The van der Waals surface area contributed by atoms with E-state index in [1.807, 2.05) is 45.2 Å². The van der Waals surface area contributed by atoms with Crippen molar-refractivity contribution in [3.05, 3.63) is 89.3 Å². The summed E-state index contributed by atoms with van der Waals surface area (Å²) in [6.07, 6.45) is -3.14. The Morgan fingerprint density at radius 1 is 1.00 bits per heavy atom. The molecule has 4 rings (SSSR count). The molecule has 0 amide bonds. The third-order valence-corrected chi connectivity index (χ3v) is 6.21. The molecule has 4 aromatic rings. The summed E-state index contributed by atoms with van der Waals surface area (Å²) in [4.78, 5) is 17.6. The Balaban J connectivity index is 1.94. The van der Waals surface area contributed by atoms with Crippen LogP contribution in [-0.2, 0) is 6.18 Å². The first-order valence-corrected chi connectivity index (χ1v) is 11.2. The second kappa shape index (κ2) is 8.81. The molecule has 0 saturated heterocycles. The van der Waals surface area contributed by atoms with E-state index >= 15 is 0 Å². The normalized spacial score (nSPS) is 12.0. The Morgan fingerprint density at radius 2 is 1.69 bits per heavy atom. The van der Waals surface area contributed by atoms with Gasteiger partial charge in [0, 0.05) is 5.56 Å². The highest BCUT2D eigenvalue weighted by atomic mass is 127. The van der Waals surface area contributed by atoms with Crippen LogP contribution in [0.4, 0.5) is 13.2 Å². The topological polar surface area (TPSA) is 67.5 Å². The quantitative estimate of drug-likeness (QED) is 0.221. The monoisotopic (exact) mass is 661 g/mol. The summed E-state index contributed by atoms with van der Waals surface area (Å²) in [6, 6.07) is 14.5. The van der Waals surface area contributed by atoms with E-state index in [0.717, 1.165) is 16.8 Å². The fourth-order valence-electron chi connectivity index (χ4n) is 3.04. The summed E-state index contributed by atoms with van der Waals surface area (Å²) in [5, 5.41) is 14.5. The number of fused-ring (bicyclic) bond motifs is 1. The minimum absolute atomic E-state index is 0.0146. The number of rotatable bonds is 3. The van der Waals surface area contributed by atoms with E-state index in [4.69, 9.17) is 0 Å². The number of benzene rings is 3. The van der Waals surface area contributed by atoms with Crippen LogP contribution in [0.5, 0.6) is 5.75 Å². The van der Waals surface area contributed by atoms with Gasteiger partial charge in [0.15, 0.2) is 5.82 Å². The number of alkyl halides is 3. The molecule has 0 aliphatic carbocycles. The van der Waals surface area contributed by atoms with Gasteiger partial charge >= 0.3 is 6.18 Å². The first kappa shape index (κ1) is 22.7. The zero-order valence-corrected chi connectivity index (χ0v) is 20.3. The predicted octanol–water partition coefficient (Wildman–Crippen LogP) is 5.88. The summed E-state index contributed by atoms with van der Waals surface area (Å²) < 4.78 is 41.9. The lowest BCUT2D eigenvalue weighted by atomic mass is 10.1. The van der Waals surface area contributed by atoms with Crippen molar-refractivity contribution in [1.29, 1.82) is 0 Å². The molecule has 0 saturated carbocycles.